The molecule has 0 amide bonds. The van der Waals surface area contributed by atoms with Gasteiger partial charge in [0.05, 0.1) is 34.4 Å². The van der Waals surface area contributed by atoms with Crippen LogP contribution in [-0.4, -0.2) is 63.5 Å². The molecular formula is C8H20NO5S+. The number of nitrogens with zero attached hydrogens (tertiary/aromatic N) is 1. The first kappa shape index (κ1) is 16.9. The molecule has 0 radical (unpaired) electrons. The molecule has 0 aromatic carbocycles. The predicted molar refractivity (Wildman–Crippen MR) is 57.7 cm³/mol. The van der Waals surface area contributed by atoms with Crippen LogP contribution >= 0.6 is 0 Å². The van der Waals surface area contributed by atoms with Gasteiger partial charge in [-0.15, -0.1) is 6.58 Å². The summed E-state index contributed by atoms with van der Waals surface area (Å²) in [5, 5.41) is 8.39. The lowest BCUT2D eigenvalue weighted by atomic mass is 10.5. The largest absolute Gasteiger partial charge is 0.397 e. The molecular weight excluding hydrogens is 222 g/mol. The average molecular weight is 242 g/mol. The Bertz CT molecular complexity index is 255. The monoisotopic (exact) mass is 242 g/mol. The number of hydrogen-bond donors (Lipinski definition) is 2. The van der Waals surface area contributed by atoms with Crippen LogP contribution in [0.3, 0.4) is 0 Å². The van der Waals surface area contributed by atoms with E-state index in [9.17, 15) is 8.42 Å². The molecule has 0 saturated heterocycles. The third-order valence-electron chi connectivity index (χ3n) is 1.11. The maximum atomic E-state index is 9.68. The van der Waals surface area contributed by atoms with E-state index in [1.165, 1.54) is 6.08 Å². The zero-order valence-electron chi connectivity index (χ0n) is 9.38. The van der Waals surface area contributed by atoms with E-state index in [1.807, 2.05) is 0 Å². The van der Waals surface area contributed by atoms with Crippen molar-refractivity contribution in [3.63, 3.8) is 0 Å². The van der Waals surface area contributed by atoms with Gasteiger partial charge in [-0.25, -0.2) is 4.18 Å². The predicted octanol–water partition coefficient (Wildman–Crippen LogP) is -0.323. The molecule has 92 valence electrons. The molecule has 0 bridgehead atoms. The van der Waals surface area contributed by atoms with Gasteiger partial charge in [0.25, 0.3) is 0 Å². The van der Waals surface area contributed by atoms with Crippen molar-refractivity contribution in [2.45, 2.75) is 0 Å². The summed E-state index contributed by atoms with van der Waals surface area (Å²) in [4.78, 5) is 0. The van der Waals surface area contributed by atoms with Gasteiger partial charge in [-0.3, -0.25) is 4.55 Å². The minimum absolute atomic E-state index is 0.196. The van der Waals surface area contributed by atoms with E-state index in [0.29, 0.717) is 0 Å². The molecule has 15 heavy (non-hydrogen) atoms. The highest BCUT2D eigenvalue weighted by molar-refractivity contribution is 7.80. The van der Waals surface area contributed by atoms with Gasteiger partial charge in [0.2, 0.25) is 0 Å². The SMILES string of the molecule is C=CCOS(=O)(=O)O.C[N+](C)(C)CCO. The van der Waals surface area contributed by atoms with E-state index in [2.05, 4.69) is 31.9 Å². The maximum absolute atomic E-state index is 9.68. The summed E-state index contributed by atoms with van der Waals surface area (Å²) in [5.74, 6) is 0. The molecule has 0 aliphatic carbocycles. The molecule has 0 aliphatic heterocycles. The van der Waals surface area contributed by atoms with Crippen molar-refractivity contribution in [3.8, 4) is 0 Å². The van der Waals surface area contributed by atoms with Crippen molar-refractivity contribution >= 4 is 10.4 Å². The second-order valence-corrected chi connectivity index (χ2v) is 4.83. The van der Waals surface area contributed by atoms with Gasteiger partial charge in [0.15, 0.2) is 0 Å². The standard InChI is InChI=1S/C5H14NO.C3H6O4S/c1-6(2,3)4-5-7;1-2-3-7-8(4,5)6/h7H,4-5H2,1-3H3;2H,1,3H2,(H,4,5,6)/q+1;. The molecule has 0 unspecified atom stereocenters. The topological polar surface area (TPSA) is 83.8 Å². The molecule has 0 fully saturated rings. The summed E-state index contributed by atoms with van der Waals surface area (Å²) in [6.07, 6.45) is 1.22. The Morgan fingerprint density at radius 2 is 1.87 bits per heavy atom. The highest BCUT2D eigenvalue weighted by atomic mass is 32.3. The number of quaternary nitrogens is 1. The van der Waals surface area contributed by atoms with Crippen molar-refractivity contribution in [1.82, 2.24) is 0 Å². The molecule has 0 aliphatic rings. The number of likely N-dealkylation sites (N-methyl/N-ethyl adjacent to an activating group) is 1. The van der Waals surface area contributed by atoms with E-state index in [1.54, 1.807) is 0 Å². The van der Waals surface area contributed by atoms with Gasteiger partial charge < -0.3 is 9.59 Å². The highest BCUT2D eigenvalue weighted by Gasteiger charge is 2.02. The number of rotatable bonds is 5. The number of hydrogen-bond acceptors (Lipinski definition) is 4. The van der Waals surface area contributed by atoms with Crippen molar-refractivity contribution in [2.24, 2.45) is 0 Å². The first-order valence-corrected chi connectivity index (χ1v) is 5.63. The minimum Gasteiger partial charge on any atom is -0.391 e. The van der Waals surface area contributed by atoms with Crippen LogP contribution in [0.4, 0.5) is 0 Å². The van der Waals surface area contributed by atoms with Crippen LogP contribution in [0.25, 0.3) is 0 Å². The molecule has 0 heterocycles. The Hall–Kier alpha value is -0.470. The Morgan fingerprint density at radius 1 is 1.40 bits per heavy atom. The molecule has 0 spiro atoms. The molecule has 0 rings (SSSR count). The van der Waals surface area contributed by atoms with E-state index in [0.717, 1.165) is 11.0 Å². The fourth-order valence-corrected chi connectivity index (χ4v) is 0.702. The maximum Gasteiger partial charge on any atom is 0.397 e. The zero-order chi connectivity index (χ0) is 12.5. The molecule has 7 heteroatoms. The summed E-state index contributed by atoms with van der Waals surface area (Å²) < 4.78 is 31.8. The van der Waals surface area contributed by atoms with Gasteiger partial charge in [-0.05, 0) is 0 Å². The van der Waals surface area contributed by atoms with Gasteiger partial charge in [-0.1, -0.05) is 6.08 Å². The van der Waals surface area contributed by atoms with Crippen LogP contribution in [-0.2, 0) is 14.6 Å². The first-order chi connectivity index (χ1) is 6.62. The third-order valence-corrected chi connectivity index (χ3v) is 1.54. The van der Waals surface area contributed by atoms with E-state index in [-0.39, 0.29) is 13.2 Å². The summed E-state index contributed by atoms with van der Waals surface area (Å²) in [7, 11) is 1.90. The highest BCUT2D eigenvalue weighted by Crippen LogP contribution is 1.84. The molecule has 0 atom stereocenters. The Balaban J connectivity index is 0. The van der Waals surface area contributed by atoms with Crippen molar-refractivity contribution < 1.29 is 26.7 Å². The second-order valence-electron chi connectivity index (χ2n) is 3.74. The van der Waals surface area contributed by atoms with Crippen LogP contribution < -0.4 is 0 Å². The summed E-state index contributed by atoms with van der Waals surface area (Å²) in [6, 6.07) is 0. The normalized spacial score (nSPS) is 11.5. The van der Waals surface area contributed by atoms with Crippen LogP contribution in [0.5, 0.6) is 0 Å². The lowest BCUT2D eigenvalue weighted by molar-refractivity contribution is -0.870. The number of aliphatic hydroxyl groups is 1. The quantitative estimate of drug-likeness (QED) is 0.392. The summed E-state index contributed by atoms with van der Waals surface area (Å²) >= 11 is 0. The van der Waals surface area contributed by atoms with Crippen molar-refractivity contribution in [2.75, 3.05) is 40.9 Å². The van der Waals surface area contributed by atoms with Crippen molar-refractivity contribution in [3.05, 3.63) is 12.7 Å². The van der Waals surface area contributed by atoms with Crippen LogP contribution in [0.2, 0.25) is 0 Å². The Morgan fingerprint density at radius 3 is 1.93 bits per heavy atom. The number of aliphatic hydroxyl groups excluding tert-OH is 1. The molecule has 6 nitrogen and oxygen atoms in total. The van der Waals surface area contributed by atoms with E-state index < -0.39 is 10.4 Å². The average Bonchev–Trinajstić information content (AvgIpc) is 1.98. The first-order valence-electron chi connectivity index (χ1n) is 4.26. The van der Waals surface area contributed by atoms with E-state index >= 15 is 0 Å². The smallest absolute Gasteiger partial charge is 0.391 e. The van der Waals surface area contributed by atoms with Crippen molar-refractivity contribution in [1.29, 1.82) is 0 Å². The minimum atomic E-state index is -4.26. The molecule has 2 N–H and O–H groups in total. The van der Waals surface area contributed by atoms with Crippen LogP contribution in [0.15, 0.2) is 12.7 Å². The Labute approximate surface area is 91.3 Å². The van der Waals surface area contributed by atoms with Gasteiger partial charge in [0.1, 0.15) is 6.54 Å². The molecule has 0 aromatic rings. The van der Waals surface area contributed by atoms with E-state index in [4.69, 9.17) is 9.66 Å². The summed E-state index contributed by atoms with van der Waals surface area (Å²) in [5.41, 5.74) is 0. The summed E-state index contributed by atoms with van der Waals surface area (Å²) in [6.45, 7) is 4.08. The fraction of sp³-hybridized carbons (Fsp3) is 0.750. The lowest BCUT2D eigenvalue weighted by Crippen LogP contribution is -2.36. The van der Waals surface area contributed by atoms with Crippen LogP contribution in [0.1, 0.15) is 0 Å². The Kier molecular flexibility index (Phi) is 8.78. The zero-order valence-corrected chi connectivity index (χ0v) is 10.2. The van der Waals surface area contributed by atoms with Gasteiger partial charge >= 0.3 is 10.4 Å². The second kappa shape index (κ2) is 7.77. The van der Waals surface area contributed by atoms with Gasteiger partial charge in [-0.2, -0.15) is 8.42 Å². The third kappa shape index (κ3) is 24.7. The van der Waals surface area contributed by atoms with Crippen LogP contribution in [0, 0.1) is 0 Å². The molecule has 0 aromatic heterocycles. The fourth-order valence-electron chi connectivity index (χ4n) is 0.434. The van der Waals surface area contributed by atoms with Gasteiger partial charge in [0, 0.05) is 0 Å². The molecule has 0 saturated carbocycles. The lowest BCUT2D eigenvalue weighted by Gasteiger charge is -2.21.